The van der Waals surface area contributed by atoms with Crippen LogP contribution in [-0.4, -0.2) is 33.8 Å². The molecule has 28 heavy (non-hydrogen) atoms. The number of benzene rings is 1. The normalized spacial score (nSPS) is 17.0. The van der Waals surface area contributed by atoms with E-state index in [1.165, 1.54) is 17.4 Å². The number of hydrogen-bond acceptors (Lipinski definition) is 5. The molecule has 1 aromatic carbocycles. The van der Waals surface area contributed by atoms with Crippen molar-refractivity contribution >= 4 is 28.1 Å². The van der Waals surface area contributed by atoms with Gasteiger partial charge in [0.1, 0.15) is 5.82 Å². The molecule has 3 aromatic rings. The fourth-order valence-corrected chi connectivity index (χ4v) is 4.56. The second-order valence-electron chi connectivity index (χ2n) is 7.07. The Morgan fingerprint density at radius 2 is 1.86 bits per heavy atom. The quantitative estimate of drug-likeness (QED) is 0.722. The molecule has 0 aliphatic carbocycles. The van der Waals surface area contributed by atoms with Crippen LogP contribution >= 0.6 is 11.3 Å². The zero-order valence-electron chi connectivity index (χ0n) is 15.9. The molecule has 1 aliphatic heterocycles. The van der Waals surface area contributed by atoms with Gasteiger partial charge >= 0.3 is 0 Å². The molecule has 0 radical (unpaired) electrons. The first-order valence-electron chi connectivity index (χ1n) is 9.32. The van der Waals surface area contributed by atoms with Crippen LogP contribution < -0.4 is 10.2 Å². The molecule has 1 aliphatic rings. The fourth-order valence-electron chi connectivity index (χ4n) is 3.56. The van der Waals surface area contributed by atoms with Crippen molar-refractivity contribution < 1.29 is 9.18 Å². The van der Waals surface area contributed by atoms with Crippen LogP contribution in [0.3, 0.4) is 0 Å². The largest absolute Gasteiger partial charge is 0.346 e. The third kappa shape index (κ3) is 3.64. The lowest BCUT2D eigenvalue weighted by atomic mass is 9.97. The highest BCUT2D eigenvalue weighted by atomic mass is 32.1. The summed E-state index contributed by atoms with van der Waals surface area (Å²) in [5.74, 6) is -0.790. The lowest BCUT2D eigenvalue weighted by molar-refractivity contribution is -0.120. The van der Waals surface area contributed by atoms with Gasteiger partial charge in [-0.1, -0.05) is 23.5 Å². The molecule has 1 amide bonds. The third-order valence-corrected chi connectivity index (χ3v) is 6.03. The SMILES string of the molecule is Cc1ccc(C)n1-c1nnc(N2CCCC(C(=O)Nc3ccccc3F)C2)s1. The molecule has 146 valence electrons. The molecule has 0 bridgehead atoms. The highest BCUT2D eigenvalue weighted by Gasteiger charge is 2.28. The van der Waals surface area contributed by atoms with E-state index >= 15 is 0 Å². The van der Waals surface area contributed by atoms with Crippen molar-refractivity contribution in [2.45, 2.75) is 26.7 Å². The number of carbonyl (C=O) groups excluding carboxylic acids is 1. The van der Waals surface area contributed by atoms with E-state index in [2.05, 4.69) is 37.1 Å². The summed E-state index contributed by atoms with van der Waals surface area (Å²) in [7, 11) is 0. The maximum absolute atomic E-state index is 13.8. The molecule has 1 fully saturated rings. The maximum Gasteiger partial charge on any atom is 0.229 e. The van der Waals surface area contributed by atoms with Crippen LogP contribution in [0, 0.1) is 25.6 Å². The van der Waals surface area contributed by atoms with Crippen molar-refractivity contribution in [2.24, 2.45) is 5.92 Å². The van der Waals surface area contributed by atoms with Crippen LogP contribution in [0.15, 0.2) is 36.4 Å². The standard InChI is InChI=1S/C20H22FN5OS/c1-13-9-10-14(2)26(13)20-24-23-19(28-20)25-11-5-6-15(12-25)18(27)22-17-8-4-3-7-16(17)21/h3-4,7-10,15H,5-6,11-12H2,1-2H3,(H,22,27). The first-order valence-corrected chi connectivity index (χ1v) is 10.1. The van der Waals surface area contributed by atoms with Crippen molar-refractivity contribution in [3.8, 4) is 5.13 Å². The first-order chi connectivity index (χ1) is 13.5. The maximum atomic E-state index is 13.8. The fraction of sp³-hybridized carbons (Fsp3) is 0.350. The molecule has 1 unspecified atom stereocenters. The Kier molecular flexibility index (Phi) is 5.13. The Hall–Kier alpha value is -2.74. The van der Waals surface area contributed by atoms with Crippen LogP contribution in [0.2, 0.25) is 0 Å². The molecular weight excluding hydrogens is 377 g/mol. The molecule has 1 atom stereocenters. The smallest absolute Gasteiger partial charge is 0.229 e. The van der Waals surface area contributed by atoms with Gasteiger partial charge in [0.25, 0.3) is 0 Å². The minimum atomic E-state index is -0.422. The van der Waals surface area contributed by atoms with E-state index in [4.69, 9.17) is 0 Å². The Bertz CT molecular complexity index is 979. The number of anilines is 2. The monoisotopic (exact) mass is 399 g/mol. The average Bonchev–Trinajstić information content (AvgIpc) is 3.30. The Balaban J connectivity index is 1.47. The molecule has 8 heteroatoms. The number of aryl methyl sites for hydroxylation is 2. The zero-order chi connectivity index (χ0) is 19.7. The van der Waals surface area contributed by atoms with Gasteiger partial charge in [-0.3, -0.25) is 9.36 Å². The van der Waals surface area contributed by atoms with Crippen molar-refractivity contribution in [1.29, 1.82) is 0 Å². The number of piperidine rings is 1. The van der Waals surface area contributed by atoms with E-state index in [-0.39, 0.29) is 17.5 Å². The Morgan fingerprint density at radius 3 is 2.61 bits per heavy atom. The van der Waals surface area contributed by atoms with Gasteiger partial charge in [-0.25, -0.2) is 4.39 Å². The lowest BCUT2D eigenvalue weighted by Gasteiger charge is -2.31. The predicted octanol–water partition coefficient (Wildman–Crippen LogP) is 3.94. The Morgan fingerprint density at radius 1 is 1.14 bits per heavy atom. The number of aromatic nitrogens is 3. The van der Waals surface area contributed by atoms with Crippen molar-refractivity contribution in [1.82, 2.24) is 14.8 Å². The number of amides is 1. The summed E-state index contributed by atoms with van der Waals surface area (Å²) in [6, 6.07) is 10.3. The molecule has 2 aromatic heterocycles. The van der Waals surface area contributed by atoms with Gasteiger partial charge in [-0.15, -0.1) is 10.2 Å². The molecule has 1 N–H and O–H groups in total. The van der Waals surface area contributed by atoms with Gasteiger partial charge in [0.15, 0.2) is 0 Å². The number of hydrogen-bond donors (Lipinski definition) is 1. The van der Waals surface area contributed by atoms with Crippen LogP contribution in [0.1, 0.15) is 24.2 Å². The molecule has 3 heterocycles. The van der Waals surface area contributed by atoms with Gasteiger partial charge in [0.05, 0.1) is 11.6 Å². The summed E-state index contributed by atoms with van der Waals surface area (Å²) < 4.78 is 15.9. The van der Waals surface area contributed by atoms with Gasteiger partial charge in [-0.05, 0) is 51.0 Å². The summed E-state index contributed by atoms with van der Waals surface area (Å²) in [6.07, 6.45) is 1.66. The molecule has 1 saturated heterocycles. The van der Waals surface area contributed by atoms with E-state index in [0.29, 0.717) is 6.54 Å². The van der Waals surface area contributed by atoms with Crippen LogP contribution in [0.5, 0.6) is 0 Å². The van der Waals surface area contributed by atoms with Crippen molar-refractivity contribution in [3.05, 3.63) is 53.6 Å². The van der Waals surface area contributed by atoms with E-state index in [1.54, 1.807) is 18.2 Å². The van der Waals surface area contributed by atoms with E-state index in [0.717, 1.165) is 41.0 Å². The van der Waals surface area contributed by atoms with Crippen molar-refractivity contribution in [3.63, 3.8) is 0 Å². The van der Waals surface area contributed by atoms with Gasteiger partial charge in [0, 0.05) is 24.5 Å². The van der Waals surface area contributed by atoms with Gasteiger partial charge < -0.3 is 10.2 Å². The summed E-state index contributed by atoms with van der Waals surface area (Å²) >= 11 is 1.52. The molecule has 6 nitrogen and oxygen atoms in total. The number of rotatable bonds is 4. The number of nitrogens with zero attached hydrogens (tertiary/aromatic N) is 4. The number of nitrogens with one attached hydrogen (secondary N) is 1. The summed E-state index contributed by atoms with van der Waals surface area (Å²) in [5, 5.41) is 13.1. The van der Waals surface area contributed by atoms with Crippen LogP contribution in [0.4, 0.5) is 15.2 Å². The average molecular weight is 399 g/mol. The summed E-state index contributed by atoms with van der Waals surface area (Å²) in [6.45, 7) is 5.47. The number of carbonyl (C=O) groups is 1. The first kappa shape index (κ1) is 18.6. The van der Waals surface area contributed by atoms with E-state index in [9.17, 15) is 9.18 Å². The zero-order valence-corrected chi connectivity index (χ0v) is 16.7. The number of halogens is 1. The van der Waals surface area contributed by atoms with Crippen LogP contribution in [-0.2, 0) is 4.79 Å². The van der Waals surface area contributed by atoms with Crippen LogP contribution in [0.25, 0.3) is 5.13 Å². The lowest BCUT2D eigenvalue weighted by Crippen LogP contribution is -2.40. The van der Waals surface area contributed by atoms with Gasteiger partial charge in [0.2, 0.25) is 16.2 Å². The minimum absolute atomic E-state index is 0.156. The second kappa shape index (κ2) is 7.71. The second-order valence-corrected chi connectivity index (χ2v) is 8.01. The third-order valence-electron chi connectivity index (χ3n) is 5.06. The van der Waals surface area contributed by atoms with E-state index < -0.39 is 5.82 Å². The summed E-state index contributed by atoms with van der Waals surface area (Å²) in [4.78, 5) is 14.7. The predicted molar refractivity (Wildman–Crippen MR) is 109 cm³/mol. The molecule has 0 saturated carbocycles. The van der Waals surface area contributed by atoms with E-state index in [1.807, 2.05) is 13.8 Å². The highest BCUT2D eigenvalue weighted by molar-refractivity contribution is 7.17. The topological polar surface area (TPSA) is 63.1 Å². The minimum Gasteiger partial charge on any atom is -0.346 e. The molecule has 4 rings (SSSR count). The number of para-hydroxylation sites is 1. The highest BCUT2D eigenvalue weighted by Crippen LogP contribution is 2.29. The molecular formula is C20H22FN5OS. The van der Waals surface area contributed by atoms with Crippen molar-refractivity contribution in [2.75, 3.05) is 23.3 Å². The Labute approximate surface area is 167 Å². The summed E-state index contributed by atoms with van der Waals surface area (Å²) in [5.41, 5.74) is 2.45. The van der Waals surface area contributed by atoms with Gasteiger partial charge in [-0.2, -0.15) is 0 Å². The molecule has 0 spiro atoms.